The van der Waals surface area contributed by atoms with E-state index in [2.05, 4.69) is 21.2 Å². The fraction of sp³-hybridized carbons (Fsp3) is 0.391. The van der Waals surface area contributed by atoms with Crippen LogP contribution in [0, 0.1) is 5.82 Å². The van der Waals surface area contributed by atoms with Gasteiger partial charge in [-0.25, -0.2) is 4.39 Å². The van der Waals surface area contributed by atoms with Gasteiger partial charge in [0.15, 0.2) is 6.61 Å². The molecule has 2 aromatic rings. The Balaban J connectivity index is 2.24. The number of nitrogens with one attached hydrogen (secondary N) is 1. The summed E-state index contributed by atoms with van der Waals surface area (Å²) in [5.41, 5.74) is 0.268. The van der Waals surface area contributed by atoms with Crippen LogP contribution >= 0.6 is 27.5 Å². The van der Waals surface area contributed by atoms with Gasteiger partial charge in [-0.2, -0.15) is 0 Å². The Labute approximate surface area is 196 Å². The molecule has 0 saturated carbocycles. The molecular weight excluding hydrogens is 487 g/mol. The summed E-state index contributed by atoms with van der Waals surface area (Å²) in [6.07, 6.45) is 0.416. The highest BCUT2D eigenvalue weighted by Gasteiger charge is 2.31. The first-order chi connectivity index (χ1) is 14.5. The average Bonchev–Trinajstić information content (AvgIpc) is 2.67. The number of ether oxygens (including phenoxy) is 1. The van der Waals surface area contributed by atoms with E-state index in [1.54, 1.807) is 30.3 Å². The van der Waals surface area contributed by atoms with Crippen molar-refractivity contribution in [2.45, 2.75) is 52.2 Å². The Morgan fingerprint density at radius 3 is 2.39 bits per heavy atom. The number of benzene rings is 2. The molecule has 0 radical (unpaired) electrons. The molecule has 0 aliphatic rings. The minimum absolute atomic E-state index is 0.153. The predicted molar refractivity (Wildman–Crippen MR) is 124 cm³/mol. The molecule has 168 valence electrons. The lowest BCUT2D eigenvalue weighted by atomic mass is 10.1. The van der Waals surface area contributed by atoms with Crippen LogP contribution in [0.25, 0.3) is 0 Å². The molecule has 0 aliphatic heterocycles. The van der Waals surface area contributed by atoms with Gasteiger partial charge in [0.2, 0.25) is 5.91 Å². The predicted octanol–water partition coefficient (Wildman–Crippen LogP) is 5.34. The molecule has 8 heteroatoms. The van der Waals surface area contributed by atoms with E-state index in [1.807, 2.05) is 27.7 Å². The highest BCUT2D eigenvalue weighted by atomic mass is 79.9. The van der Waals surface area contributed by atoms with E-state index >= 15 is 0 Å². The molecule has 0 spiro atoms. The number of halogens is 3. The number of hydrogen-bond acceptors (Lipinski definition) is 3. The summed E-state index contributed by atoms with van der Waals surface area (Å²) >= 11 is 9.31. The Morgan fingerprint density at radius 1 is 1.19 bits per heavy atom. The number of carbonyl (C=O) groups is 2. The Hall–Kier alpha value is -2.12. The molecule has 0 bridgehead atoms. The number of rotatable bonds is 8. The highest BCUT2D eigenvalue weighted by Crippen LogP contribution is 2.28. The molecule has 2 amide bonds. The van der Waals surface area contributed by atoms with Crippen LogP contribution < -0.4 is 10.1 Å². The van der Waals surface area contributed by atoms with Crippen molar-refractivity contribution in [1.82, 2.24) is 10.2 Å². The third-order valence-electron chi connectivity index (χ3n) is 4.40. The highest BCUT2D eigenvalue weighted by molar-refractivity contribution is 9.10. The van der Waals surface area contributed by atoms with Crippen LogP contribution in [0.15, 0.2) is 46.9 Å². The molecule has 1 atom stereocenters. The van der Waals surface area contributed by atoms with Crippen LogP contribution in [0.2, 0.25) is 5.02 Å². The van der Waals surface area contributed by atoms with Crippen LogP contribution in [0.3, 0.4) is 0 Å². The van der Waals surface area contributed by atoms with Crippen molar-refractivity contribution >= 4 is 39.3 Å². The molecule has 0 aliphatic carbocycles. The number of nitrogens with zero attached hydrogens (tertiary/aromatic N) is 1. The van der Waals surface area contributed by atoms with Crippen molar-refractivity contribution in [3.63, 3.8) is 0 Å². The van der Waals surface area contributed by atoms with Crippen LogP contribution in [-0.2, 0) is 16.1 Å². The van der Waals surface area contributed by atoms with Crippen molar-refractivity contribution in [1.29, 1.82) is 0 Å². The molecular formula is C23H27BrClFN2O3. The minimum atomic E-state index is -0.700. The monoisotopic (exact) mass is 512 g/mol. The molecule has 2 rings (SSSR count). The first-order valence-corrected chi connectivity index (χ1v) is 11.1. The fourth-order valence-electron chi connectivity index (χ4n) is 2.97. The third kappa shape index (κ3) is 7.82. The molecule has 2 aromatic carbocycles. The lowest BCUT2D eigenvalue weighted by Gasteiger charge is -2.33. The van der Waals surface area contributed by atoms with Crippen molar-refractivity contribution in [2.24, 2.45) is 0 Å². The van der Waals surface area contributed by atoms with Gasteiger partial charge in [-0.15, -0.1) is 0 Å². The van der Waals surface area contributed by atoms with E-state index in [-0.39, 0.29) is 30.8 Å². The zero-order valence-electron chi connectivity index (χ0n) is 18.0. The van der Waals surface area contributed by atoms with Gasteiger partial charge in [-0.3, -0.25) is 9.59 Å². The average molecular weight is 514 g/mol. The summed E-state index contributed by atoms with van der Waals surface area (Å²) in [6.45, 7) is 7.37. The molecule has 0 aromatic heterocycles. The summed E-state index contributed by atoms with van der Waals surface area (Å²) in [6, 6.07) is 10.1. The zero-order valence-corrected chi connectivity index (χ0v) is 20.4. The molecule has 0 fully saturated rings. The Morgan fingerprint density at radius 2 is 1.84 bits per heavy atom. The maximum atomic E-state index is 13.3. The van der Waals surface area contributed by atoms with Gasteiger partial charge in [0.25, 0.3) is 5.91 Å². The summed E-state index contributed by atoms with van der Waals surface area (Å²) in [4.78, 5) is 27.5. The normalized spacial score (nSPS) is 12.2. The third-order valence-corrected chi connectivity index (χ3v) is 5.25. The smallest absolute Gasteiger partial charge is 0.261 e. The molecule has 31 heavy (non-hydrogen) atoms. The molecule has 1 N–H and O–H groups in total. The second-order valence-electron chi connectivity index (χ2n) is 8.17. The molecule has 0 unspecified atom stereocenters. The van der Waals surface area contributed by atoms with Gasteiger partial charge >= 0.3 is 0 Å². The van der Waals surface area contributed by atoms with Gasteiger partial charge in [0.05, 0.1) is 4.47 Å². The summed E-state index contributed by atoms with van der Waals surface area (Å²) in [5, 5.41) is 3.47. The molecule has 5 nitrogen and oxygen atoms in total. The Bertz CT molecular complexity index is 916. The minimum Gasteiger partial charge on any atom is -0.483 e. The standard InChI is InChI=1S/C23H27BrClFN2O3/c1-5-19(22(30)27-23(2,3)4)28(13-15-6-9-17(26)10-7-15)21(29)14-31-20-11-8-16(25)12-18(20)24/h6-12,19H,5,13-14H2,1-4H3,(H,27,30)/t19-/m0/s1. The quantitative estimate of drug-likeness (QED) is 0.518. The lowest BCUT2D eigenvalue weighted by molar-refractivity contribution is -0.143. The Kier molecular flexibility index (Phi) is 8.89. The van der Waals surface area contributed by atoms with Crippen LogP contribution in [-0.4, -0.2) is 34.9 Å². The van der Waals surface area contributed by atoms with E-state index in [0.29, 0.717) is 27.2 Å². The van der Waals surface area contributed by atoms with E-state index < -0.39 is 11.6 Å². The van der Waals surface area contributed by atoms with Gasteiger partial charge < -0.3 is 15.0 Å². The van der Waals surface area contributed by atoms with Crippen LogP contribution in [0.5, 0.6) is 5.75 Å². The maximum Gasteiger partial charge on any atom is 0.261 e. The van der Waals surface area contributed by atoms with Crippen molar-refractivity contribution < 1.29 is 18.7 Å². The number of hydrogen-bond donors (Lipinski definition) is 1. The van der Waals surface area contributed by atoms with Crippen LogP contribution in [0.1, 0.15) is 39.7 Å². The van der Waals surface area contributed by atoms with Crippen LogP contribution in [0.4, 0.5) is 4.39 Å². The largest absolute Gasteiger partial charge is 0.483 e. The number of amides is 2. The second-order valence-corrected chi connectivity index (χ2v) is 9.47. The SMILES string of the molecule is CC[C@@H](C(=O)NC(C)(C)C)N(Cc1ccc(F)cc1)C(=O)COc1ccc(Cl)cc1Br. The van der Waals surface area contributed by atoms with E-state index in [4.69, 9.17) is 16.3 Å². The van der Waals surface area contributed by atoms with Crippen molar-refractivity contribution in [2.75, 3.05) is 6.61 Å². The first kappa shape index (κ1) is 25.1. The van der Waals surface area contributed by atoms with Crippen molar-refractivity contribution in [3.05, 3.63) is 63.3 Å². The zero-order chi connectivity index (χ0) is 23.2. The van der Waals surface area contributed by atoms with Gasteiger partial charge in [0, 0.05) is 17.1 Å². The summed E-state index contributed by atoms with van der Waals surface area (Å²) in [7, 11) is 0. The lowest BCUT2D eigenvalue weighted by Crippen LogP contribution is -2.54. The molecule has 0 heterocycles. The van der Waals surface area contributed by atoms with E-state index in [0.717, 1.165) is 0 Å². The summed E-state index contributed by atoms with van der Waals surface area (Å²) < 4.78 is 19.6. The fourth-order valence-corrected chi connectivity index (χ4v) is 3.77. The first-order valence-electron chi connectivity index (χ1n) is 9.94. The van der Waals surface area contributed by atoms with E-state index in [1.165, 1.54) is 17.0 Å². The van der Waals surface area contributed by atoms with Crippen molar-refractivity contribution in [3.8, 4) is 5.75 Å². The maximum absolute atomic E-state index is 13.3. The topological polar surface area (TPSA) is 58.6 Å². The van der Waals surface area contributed by atoms with Gasteiger partial charge in [0.1, 0.15) is 17.6 Å². The van der Waals surface area contributed by atoms with E-state index in [9.17, 15) is 14.0 Å². The van der Waals surface area contributed by atoms with Gasteiger partial charge in [-0.1, -0.05) is 30.7 Å². The molecule has 0 saturated heterocycles. The second kappa shape index (κ2) is 11.0. The number of carbonyl (C=O) groups excluding carboxylic acids is 2. The van der Waals surface area contributed by atoms with Gasteiger partial charge in [-0.05, 0) is 79.0 Å². The summed E-state index contributed by atoms with van der Waals surface area (Å²) in [5.74, 6) is -0.512.